The first-order chi connectivity index (χ1) is 24.6. The Hall–Kier alpha value is -3.09. The molecule has 54 heavy (non-hydrogen) atoms. The summed E-state index contributed by atoms with van der Waals surface area (Å²) in [5.41, 5.74) is 20.9. The second-order valence-electron chi connectivity index (χ2n) is 17.2. The molecular formula is C51H56Cl2Zr-2. The van der Waals surface area contributed by atoms with Crippen LogP contribution in [-0.2, 0) is 53.3 Å². The van der Waals surface area contributed by atoms with E-state index >= 15 is 0 Å². The first-order valence-electron chi connectivity index (χ1n) is 19.1. The zero-order valence-corrected chi connectivity index (χ0v) is 37.9. The van der Waals surface area contributed by atoms with Crippen molar-refractivity contribution in [2.45, 2.75) is 105 Å². The molecule has 0 amide bonds. The fourth-order valence-corrected chi connectivity index (χ4v) is 8.55. The predicted molar refractivity (Wildman–Crippen MR) is 223 cm³/mol. The number of benzene rings is 4. The van der Waals surface area contributed by atoms with Crippen molar-refractivity contribution in [2.75, 3.05) is 0 Å². The molecule has 0 unspecified atom stereocenters. The summed E-state index contributed by atoms with van der Waals surface area (Å²) in [4.78, 5) is 0. The average molecular weight is 831 g/mol. The van der Waals surface area contributed by atoms with Gasteiger partial charge >= 0.3 is 99.2 Å². The first-order valence-corrected chi connectivity index (χ1v) is 20.3. The molecule has 0 aliphatic heterocycles. The molecule has 0 aromatic heterocycles. The van der Waals surface area contributed by atoms with Gasteiger partial charge in [0.1, 0.15) is 0 Å². The topological polar surface area (TPSA) is 0 Å². The molecular weight excluding hydrogens is 775 g/mol. The standard InChI is InChI=1S/C27H29.C13H10.C11H17.2ClH.Zr/c1-16-7-9-26(3,4)24-12-18-11-19-13-25-21(17(2)8-10-27(25,5)6)15-23(19)22(18)14-20(16)24;1-3-7-12(8-4-1)11-13-9-5-2-6-10-13;1-5-9-6-7-10(8-9)11(2,3)4;;;/h7-9,12-15H,10-11H2,1-6H3;1-10H;6-8H,5H2,1-4H3;2*1H;/q-1;;-1;;;+2/p-2. The van der Waals surface area contributed by atoms with E-state index in [9.17, 15) is 0 Å². The van der Waals surface area contributed by atoms with Gasteiger partial charge in [-0.25, -0.2) is 18.6 Å². The molecule has 0 nitrogen and oxygen atoms in total. The first kappa shape index (κ1) is 43.6. The van der Waals surface area contributed by atoms with E-state index in [0.29, 0.717) is 5.41 Å². The minimum absolute atomic E-state index is 0. The maximum absolute atomic E-state index is 2.51. The SMILES string of the molecule is CC1=C[CH-]C(C)(C)c2cc3c(cc21)-c1cc2c(cc1C3)C(C)(C)CC=C2C.CCc1cc(C(C)(C)C)c[cH-]1.[Cl-].[Cl-].[Zr+2]=[C](c1ccccc1)c1ccccc1. The van der Waals surface area contributed by atoms with E-state index in [0.717, 1.165) is 19.3 Å². The fraction of sp³-hybridized carbons (Fsp3) is 0.314. The van der Waals surface area contributed by atoms with Gasteiger partial charge < -0.3 is 24.8 Å². The van der Waals surface area contributed by atoms with Crippen LogP contribution in [0.25, 0.3) is 22.3 Å². The van der Waals surface area contributed by atoms with Gasteiger partial charge in [0.15, 0.2) is 0 Å². The van der Waals surface area contributed by atoms with Crippen LogP contribution in [0.1, 0.15) is 131 Å². The van der Waals surface area contributed by atoms with E-state index in [1.54, 1.807) is 0 Å². The molecule has 0 atom stereocenters. The Morgan fingerprint density at radius 3 is 1.70 bits per heavy atom. The Labute approximate surface area is 354 Å². The molecule has 0 bridgehead atoms. The molecule has 3 heteroatoms. The van der Waals surface area contributed by atoms with Crippen molar-refractivity contribution in [2.24, 2.45) is 0 Å². The van der Waals surface area contributed by atoms with Crippen molar-refractivity contribution in [3.63, 3.8) is 0 Å². The van der Waals surface area contributed by atoms with E-state index in [-0.39, 0.29) is 35.6 Å². The summed E-state index contributed by atoms with van der Waals surface area (Å²) in [6.07, 6.45) is 10.4. The summed E-state index contributed by atoms with van der Waals surface area (Å²) < 4.78 is 1.42. The zero-order valence-electron chi connectivity index (χ0n) is 33.9. The zero-order chi connectivity index (χ0) is 37.4. The van der Waals surface area contributed by atoms with Crippen LogP contribution in [0.2, 0.25) is 0 Å². The van der Waals surface area contributed by atoms with Crippen LogP contribution in [0.4, 0.5) is 0 Å². The Bertz CT molecular complexity index is 2020. The molecule has 3 aliphatic rings. The number of aryl methyl sites for hydroxylation is 1. The summed E-state index contributed by atoms with van der Waals surface area (Å²) >= 11 is 1.46. The van der Waals surface area contributed by atoms with Crippen molar-refractivity contribution in [1.29, 1.82) is 0 Å². The van der Waals surface area contributed by atoms with E-state index in [1.165, 1.54) is 105 Å². The third-order valence-electron chi connectivity index (χ3n) is 11.3. The van der Waals surface area contributed by atoms with E-state index < -0.39 is 0 Å². The van der Waals surface area contributed by atoms with Crippen LogP contribution >= 0.6 is 0 Å². The minimum atomic E-state index is 0. The molecule has 0 saturated heterocycles. The second-order valence-corrected chi connectivity index (χ2v) is 18.4. The summed E-state index contributed by atoms with van der Waals surface area (Å²) in [5.74, 6) is 0. The molecule has 3 aliphatic carbocycles. The van der Waals surface area contributed by atoms with Crippen LogP contribution in [0.5, 0.6) is 0 Å². The van der Waals surface area contributed by atoms with Gasteiger partial charge in [0.25, 0.3) is 0 Å². The molecule has 0 N–H and O–H groups in total. The summed E-state index contributed by atoms with van der Waals surface area (Å²) in [5, 5.41) is 0. The number of hydrogen-bond acceptors (Lipinski definition) is 0. The second kappa shape index (κ2) is 17.4. The molecule has 280 valence electrons. The summed E-state index contributed by atoms with van der Waals surface area (Å²) in [6.45, 7) is 22.9. The van der Waals surface area contributed by atoms with E-state index in [1.807, 2.05) is 0 Å². The third kappa shape index (κ3) is 9.29. The summed E-state index contributed by atoms with van der Waals surface area (Å²) in [7, 11) is 0. The third-order valence-corrected chi connectivity index (χ3v) is 12.7. The van der Waals surface area contributed by atoms with Crippen LogP contribution in [-0.4, -0.2) is 3.21 Å². The van der Waals surface area contributed by atoms with Gasteiger partial charge in [0.05, 0.1) is 0 Å². The number of fused-ring (bicyclic) bond motifs is 5. The van der Waals surface area contributed by atoms with Crippen LogP contribution in [0, 0.1) is 6.42 Å². The van der Waals surface area contributed by atoms with Crippen molar-refractivity contribution in [3.8, 4) is 11.1 Å². The van der Waals surface area contributed by atoms with Gasteiger partial charge in [0.2, 0.25) is 0 Å². The van der Waals surface area contributed by atoms with Gasteiger partial charge in [-0.15, -0.1) is 12.5 Å². The monoisotopic (exact) mass is 828 g/mol. The molecule has 5 aromatic rings. The molecule has 8 rings (SSSR count). The van der Waals surface area contributed by atoms with Gasteiger partial charge in [-0.3, -0.25) is 0 Å². The molecule has 0 radical (unpaired) electrons. The maximum atomic E-state index is 2.51. The number of allylic oxidation sites excluding steroid dienone is 4. The average Bonchev–Trinajstić information content (AvgIpc) is 3.77. The quantitative estimate of drug-likeness (QED) is 0.164. The molecule has 0 spiro atoms. The van der Waals surface area contributed by atoms with Gasteiger partial charge in [0, 0.05) is 0 Å². The molecule has 5 aromatic carbocycles. The Balaban J connectivity index is 0.000000203. The molecule has 0 heterocycles. The number of halogens is 2. The van der Waals surface area contributed by atoms with Gasteiger partial charge in [-0.2, -0.15) is 28.8 Å². The van der Waals surface area contributed by atoms with Crippen LogP contribution in [0.3, 0.4) is 0 Å². The van der Waals surface area contributed by atoms with Crippen molar-refractivity contribution >= 4 is 14.4 Å². The van der Waals surface area contributed by atoms with Gasteiger partial charge in [-0.1, -0.05) is 102 Å². The molecule has 0 fully saturated rings. The van der Waals surface area contributed by atoms with Gasteiger partial charge in [-0.05, 0) is 70.2 Å². The number of hydrogen-bond donors (Lipinski definition) is 0. The Kier molecular flexibility index (Phi) is 14.0. The normalized spacial score (nSPS) is 15.3. The van der Waals surface area contributed by atoms with Crippen LogP contribution in [0.15, 0.2) is 115 Å². The molecule has 0 saturated carbocycles. The Morgan fingerprint density at radius 1 is 0.704 bits per heavy atom. The van der Waals surface area contributed by atoms with Crippen LogP contribution < -0.4 is 24.8 Å². The summed E-state index contributed by atoms with van der Waals surface area (Å²) in [6, 6.07) is 37.8. The van der Waals surface area contributed by atoms with E-state index in [2.05, 4.69) is 191 Å². The Morgan fingerprint density at radius 2 is 1.22 bits per heavy atom. The van der Waals surface area contributed by atoms with Crippen molar-refractivity contribution < 1.29 is 49.0 Å². The fourth-order valence-electron chi connectivity index (χ4n) is 7.73. The number of rotatable bonds is 3. The predicted octanol–water partition coefficient (Wildman–Crippen LogP) is 7.32. The van der Waals surface area contributed by atoms with Crippen molar-refractivity contribution in [3.05, 3.63) is 177 Å². The van der Waals surface area contributed by atoms with E-state index in [4.69, 9.17) is 0 Å². The van der Waals surface area contributed by atoms with Crippen molar-refractivity contribution in [1.82, 2.24) is 0 Å².